The molecule has 1 N–H and O–H groups in total. The molecule has 1 unspecified atom stereocenters. The molecule has 1 fully saturated rings. The summed E-state index contributed by atoms with van der Waals surface area (Å²) in [5.74, 6) is 0. The van der Waals surface area contributed by atoms with E-state index in [2.05, 4.69) is 35.4 Å². The maximum absolute atomic E-state index is 3.46. The maximum Gasteiger partial charge on any atom is 0.0986 e. The molecule has 2 rings (SSSR count). The van der Waals surface area contributed by atoms with Gasteiger partial charge in [-0.15, -0.1) is 0 Å². The monoisotopic (exact) mass is 164 g/mol. The van der Waals surface area contributed by atoms with E-state index in [1.54, 1.807) is 0 Å². The molecule has 2 nitrogen and oxygen atoms in total. The van der Waals surface area contributed by atoms with Gasteiger partial charge in [-0.3, -0.25) is 4.90 Å². The Labute approximate surface area is 73.9 Å². The van der Waals surface area contributed by atoms with Crippen molar-refractivity contribution in [3.8, 4) is 0 Å². The minimum Gasteiger partial charge on any atom is -0.370 e. The molecule has 1 saturated heterocycles. The Kier molecular flexibility index (Phi) is 2.17. The van der Waals surface area contributed by atoms with Gasteiger partial charge in [0.25, 0.3) is 0 Å². The zero-order valence-corrected chi connectivity index (χ0v) is 7.59. The van der Waals surface area contributed by atoms with Crippen LogP contribution in [-0.2, 0) is 0 Å². The number of nitrogens with one attached hydrogen (secondary N) is 1. The van der Waals surface area contributed by atoms with E-state index < -0.39 is 0 Å². The Morgan fingerprint density at radius 1 is 1.42 bits per heavy atom. The van der Waals surface area contributed by atoms with Crippen LogP contribution in [0.1, 0.15) is 19.8 Å². The molecular weight excluding hydrogens is 148 g/mol. The average Bonchev–Trinajstić information content (AvgIpc) is 2.56. The van der Waals surface area contributed by atoms with Gasteiger partial charge in [0.1, 0.15) is 0 Å². The van der Waals surface area contributed by atoms with Crippen LogP contribution < -0.4 is 5.32 Å². The lowest BCUT2D eigenvalue weighted by Crippen LogP contribution is -2.42. The van der Waals surface area contributed by atoms with Gasteiger partial charge in [0.2, 0.25) is 0 Å². The number of likely N-dealkylation sites (tertiary alicyclic amines) is 1. The van der Waals surface area contributed by atoms with Crippen LogP contribution in [0.15, 0.2) is 23.9 Å². The molecule has 0 saturated carbocycles. The van der Waals surface area contributed by atoms with E-state index in [1.165, 1.54) is 31.6 Å². The number of hydrogen-bond donors (Lipinski definition) is 1. The van der Waals surface area contributed by atoms with Gasteiger partial charge in [0.05, 0.1) is 6.17 Å². The Balaban J connectivity index is 1.97. The Morgan fingerprint density at radius 3 is 2.83 bits per heavy atom. The van der Waals surface area contributed by atoms with E-state index in [9.17, 15) is 0 Å². The molecule has 0 amide bonds. The van der Waals surface area contributed by atoms with E-state index in [-0.39, 0.29) is 0 Å². The van der Waals surface area contributed by atoms with Crippen molar-refractivity contribution in [2.45, 2.75) is 25.9 Å². The highest BCUT2D eigenvalue weighted by atomic mass is 15.3. The summed E-state index contributed by atoms with van der Waals surface area (Å²) in [5.41, 5.74) is 1.27. The summed E-state index contributed by atoms with van der Waals surface area (Å²) in [4.78, 5) is 2.49. The standard InChI is InChI=1S/C10H16N2/c1-9-5-4-6-10(11-9)12-7-2-3-8-12/h4-6,10-11H,2-3,7-8H2,1H3. The normalized spacial score (nSPS) is 30.1. The second-order valence-electron chi connectivity index (χ2n) is 3.57. The highest BCUT2D eigenvalue weighted by Crippen LogP contribution is 2.13. The third-order valence-corrected chi connectivity index (χ3v) is 2.55. The lowest BCUT2D eigenvalue weighted by molar-refractivity contribution is 0.257. The first-order valence-electron chi connectivity index (χ1n) is 4.72. The molecular formula is C10H16N2. The van der Waals surface area contributed by atoms with Crippen LogP contribution in [-0.4, -0.2) is 24.2 Å². The fraction of sp³-hybridized carbons (Fsp3) is 0.600. The minimum absolute atomic E-state index is 0.456. The molecule has 0 aromatic rings. The topological polar surface area (TPSA) is 15.3 Å². The Hall–Kier alpha value is -0.760. The molecule has 0 spiro atoms. The fourth-order valence-corrected chi connectivity index (χ4v) is 1.87. The predicted octanol–water partition coefficient (Wildman–Crippen LogP) is 1.47. The van der Waals surface area contributed by atoms with Gasteiger partial charge >= 0.3 is 0 Å². The van der Waals surface area contributed by atoms with Crippen molar-refractivity contribution in [2.24, 2.45) is 0 Å². The Morgan fingerprint density at radius 2 is 2.17 bits per heavy atom. The molecule has 2 aliphatic heterocycles. The predicted molar refractivity (Wildman–Crippen MR) is 50.6 cm³/mol. The molecule has 12 heavy (non-hydrogen) atoms. The van der Waals surface area contributed by atoms with Crippen LogP contribution in [0, 0.1) is 0 Å². The van der Waals surface area contributed by atoms with E-state index >= 15 is 0 Å². The van der Waals surface area contributed by atoms with E-state index in [0.717, 1.165) is 0 Å². The van der Waals surface area contributed by atoms with E-state index in [1.807, 2.05) is 0 Å². The highest BCUT2D eigenvalue weighted by molar-refractivity contribution is 5.18. The van der Waals surface area contributed by atoms with Gasteiger partial charge < -0.3 is 5.32 Å². The lowest BCUT2D eigenvalue weighted by atomic mass is 10.2. The van der Waals surface area contributed by atoms with Crippen LogP contribution in [0.2, 0.25) is 0 Å². The van der Waals surface area contributed by atoms with Crippen LogP contribution in [0.3, 0.4) is 0 Å². The molecule has 2 aliphatic rings. The SMILES string of the molecule is CC1=CC=CC(N2CCCC2)N1. The summed E-state index contributed by atoms with van der Waals surface area (Å²) in [6.45, 7) is 4.61. The number of hydrogen-bond acceptors (Lipinski definition) is 2. The van der Waals surface area contributed by atoms with E-state index in [0.29, 0.717) is 6.17 Å². The molecule has 0 aliphatic carbocycles. The van der Waals surface area contributed by atoms with Crippen molar-refractivity contribution >= 4 is 0 Å². The molecule has 0 aromatic heterocycles. The third-order valence-electron chi connectivity index (χ3n) is 2.55. The second-order valence-corrected chi connectivity index (χ2v) is 3.57. The first-order chi connectivity index (χ1) is 5.86. The van der Waals surface area contributed by atoms with Crippen LogP contribution in [0.25, 0.3) is 0 Å². The number of allylic oxidation sites excluding steroid dienone is 3. The highest BCUT2D eigenvalue weighted by Gasteiger charge is 2.19. The van der Waals surface area contributed by atoms with Gasteiger partial charge in [-0.05, 0) is 31.9 Å². The zero-order chi connectivity index (χ0) is 8.39. The van der Waals surface area contributed by atoms with Crippen molar-refractivity contribution in [1.29, 1.82) is 0 Å². The maximum atomic E-state index is 3.46. The van der Waals surface area contributed by atoms with Gasteiger partial charge in [-0.25, -0.2) is 0 Å². The van der Waals surface area contributed by atoms with Crippen LogP contribution in [0.5, 0.6) is 0 Å². The third kappa shape index (κ3) is 1.53. The molecule has 0 aromatic carbocycles. The molecule has 0 bridgehead atoms. The molecule has 1 atom stereocenters. The van der Waals surface area contributed by atoms with Crippen LogP contribution >= 0.6 is 0 Å². The number of rotatable bonds is 1. The first kappa shape index (κ1) is 7.87. The minimum atomic E-state index is 0.456. The molecule has 2 heteroatoms. The van der Waals surface area contributed by atoms with Crippen molar-refractivity contribution in [3.63, 3.8) is 0 Å². The molecule has 2 heterocycles. The molecule has 66 valence electrons. The fourth-order valence-electron chi connectivity index (χ4n) is 1.87. The number of dihydropyridines is 1. The van der Waals surface area contributed by atoms with Gasteiger partial charge in [-0.2, -0.15) is 0 Å². The first-order valence-corrected chi connectivity index (χ1v) is 4.72. The van der Waals surface area contributed by atoms with Crippen molar-refractivity contribution in [1.82, 2.24) is 10.2 Å². The quantitative estimate of drug-likeness (QED) is 0.631. The average molecular weight is 164 g/mol. The summed E-state index contributed by atoms with van der Waals surface area (Å²) in [5, 5.41) is 3.46. The summed E-state index contributed by atoms with van der Waals surface area (Å²) in [6.07, 6.45) is 9.67. The van der Waals surface area contributed by atoms with Gasteiger partial charge in [0.15, 0.2) is 0 Å². The van der Waals surface area contributed by atoms with Crippen molar-refractivity contribution in [2.75, 3.05) is 13.1 Å². The number of nitrogens with zero attached hydrogens (tertiary/aromatic N) is 1. The Bertz CT molecular complexity index is 212. The zero-order valence-electron chi connectivity index (χ0n) is 7.59. The summed E-state index contributed by atoms with van der Waals surface area (Å²) in [6, 6.07) is 0. The summed E-state index contributed by atoms with van der Waals surface area (Å²) < 4.78 is 0. The summed E-state index contributed by atoms with van der Waals surface area (Å²) >= 11 is 0. The van der Waals surface area contributed by atoms with Crippen molar-refractivity contribution < 1.29 is 0 Å². The van der Waals surface area contributed by atoms with Crippen molar-refractivity contribution in [3.05, 3.63) is 23.9 Å². The smallest absolute Gasteiger partial charge is 0.0986 e. The summed E-state index contributed by atoms with van der Waals surface area (Å²) in [7, 11) is 0. The largest absolute Gasteiger partial charge is 0.370 e. The van der Waals surface area contributed by atoms with Gasteiger partial charge in [0, 0.05) is 18.8 Å². The van der Waals surface area contributed by atoms with Gasteiger partial charge in [-0.1, -0.05) is 6.08 Å². The lowest BCUT2D eigenvalue weighted by Gasteiger charge is -2.28. The second kappa shape index (κ2) is 3.31. The van der Waals surface area contributed by atoms with Crippen LogP contribution in [0.4, 0.5) is 0 Å². The van der Waals surface area contributed by atoms with E-state index in [4.69, 9.17) is 0 Å². The molecule has 0 radical (unpaired) electrons.